The summed E-state index contributed by atoms with van der Waals surface area (Å²) in [4.78, 5) is 9.29. The molecule has 5 heteroatoms. The van der Waals surface area contributed by atoms with E-state index in [-0.39, 0.29) is 5.54 Å². The van der Waals surface area contributed by atoms with E-state index in [0.717, 1.165) is 43.0 Å². The lowest BCUT2D eigenvalue weighted by Crippen LogP contribution is -2.44. The summed E-state index contributed by atoms with van der Waals surface area (Å²) in [5.41, 5.74) is 8.20. The first-order chi connectivity index (χ1) is 9.28. The molecule has 1 aliphatic heterocycles. The number of hydrogen-bond acceptors (Lipinski definition) is 4. The molecule has 2 aliphatic rings. The summed E-state index contributed by atoms with van der Waals surface area (Å²) in [6, 6.07) is 4.50. The van der Waals surface area contributed by atoms with Crippen LogP contribution in [0.3, 0.4) is 0 Å². The maximum atomic E-state index is 6.62. The third kappa shape index (κ3) is 1.76. The lowest BCUT2D eigenvalue weighted by molar-refractivity contribution is 0.0480. The quantitative estimate of drug-likeness (QED) is 0.891. The van der Waals surface area contributed by atoms with Crippen molar-refractivity contribution in [3.8, 4) is 0 Å². The molecule has 2 aromatic heterocycles. The Balaban J connectivity index is 1.90. The second kappa shape index (κ2) is 4.02. The fourth-order valence-electron chi connectivity index (χ4n) is 2.92. The number of nitrogens with zero attached hydrogens (tertiary/aromatic N) is 3. The summed E-state index contributed by atoms with van der Waals surface area (Å²) in [5.74, 6) is 1.01. The highest BCUT2D eigenvalue weighted by Crippen LogP contribution is 2.41. The van der Waals surface area contributed by atoms with Gasteiger partial charge in [-0.2, -0.15) is 0 Å². The van der Waals surface area contributed by atoms with Gasteiger partial charge >= 0.3 is 0 Å². The van der Waals surface area contributed by atoms with Crippen molar-refractivity contribution in [2.24, 2.45) is 5.73 Å². The van der Waals surface area contributed by atoms with Gasteiger partial charge in [0.2, 0.25) is 0 Å². The molecule has 0 atom stereocenters. The van der Waals surface area contributed by atoms with Crippen molar-refractivity contribution < 1.29 is 4.74 Å². The molecule has 2 N–H and O–H groups in total. The van der Waals surface area contributed by atoms with Crippen LogP contribution in [0, 0.1) is 0 Å². The monoisotopic (exact) mass is 258 g/mol. The first-order valence-corrected chi connectivity index (χ1v) is 6.98. The van der Waals surface area contributed by atoms with Crippen molar-refractivity contribution in [1.82, 2.24) is 14.5 Å². The van der Waals surface area contributed by atoms with Gasteiger partial charge in [-0.05, 0) is 37.8 Å². The van der Waals surface area contributed by atoms with Gasteiger partial charge in [0.1, 0.15) is 11.3 Å². The van der Waals surface area contributed by atoms with Crippen molar-refractivity contribution in [3.63, 3.8) is 0 Å². The van der Waals surface area contributed by atoms with E-state index in [2.05, 4.69) is 9.55 Å². The smallest absolute Gasteiger partial charge is 0.160 e. The standard InChI is InChI=1S/C14H18N4O/c15-14(5-8-19-9-6-14)13-17-11-2-1-7-16-12(11)18(13)10-3-4-10/h1-2,7,10H,3-6,8-9,15H2. The van der Waals surface area contributed by atoms with Crippen molar-refractivity contribution in [2.45, 2.75) is 37.3 Å². The lowest BCUT2D eigenvalue weighted by atomic mass is 9.90. The second-order valence-electron chi connectivity index (χ2n) is 5.65. The van der Waals surface area contributed by atoms with Crippen LogP contribution in [-0.2, 0) is 10.3 Å². The zero-order valence-corrected chi connectivity index (χ0v) is 10.9. The summed E-state index contributed by atoms with van der Waals surface area (Å²) in [6.45, 7) is 1.44. The lowest BCUT2D eigenvalue weighted by Gasteiger charge is -2.33. The number of nitrogens with two attached hydrogens (primary N) is 1. The van der Waals surface area contributed by atoms with E-state index >= 15 is 0 Å². The number of rotatable bonds is 2. The van der Waals surface area contributed by atoms with Gasteiger partial charge < -0.3 is 15.0 Å². The first-order valence-electron chi connectivity index (χ1n) is 6.98. The van der Waals surface area contributed by atoms with E-state index in [9.17, 15) is 0 Å². The first kappa shape index (κ1) is 11.4. The molecule has 0 unspecified atom stereocenters. The molecule has 0 spiro atoms. The fourth-order valence-corrected chi connectivity index (χ4v) is 2.92. The van der Waals surface area contributed by atoms with E-state index in [1.807, 2.05) is 18.3 Å². The van der Waals surface area contributed by atoms with Gasteiger partial charge in [-0.25, -0.2) is 9.97 Å². The van der Waals surface area contributed by atoms with Gasteiger partial charge in [0, 0.05) is 25.5 Å². The molecule has 0 bridgehead atoms. The van der Waals surface area contributed by atoms with Crippen LogP contribution in [0.15, 0.2) is 18.3 Å². The van der Waals surface area contributed by atoms with Crippen LogP contribution < -0.4 is 5.73 Å². The maximum Gasteiger partial charge on any atom is 0.160 e. The Morgan fingerprint density at radius 3 is 2.84 bits per heavy atom. The summed E-state index contributed by atoms with van der Waals surface area (Å²) in [5, 5.41) is 0. The van der Waals surface area contributed by atoms with E-state index in [1.54, 1.807) is 0 Å². The number of hydrogen-bond donors (Lipinski definition) is 1. The molecule has 1 saturated carbocycles. The highest BCUT2D eigenvalue weighted by Gasteiger charge is 2.39. The van der Waals surface area contributed by atoms with E-state index < -0.39 is 0 Å². The van der Waals surface area contributed by atoms with Crippen LogP contribution in [0.5, 0.6) is 0 Å². The minimum Gasteiger partial charge on any atom is -0.381 e. The average molecular weight is 258 g/mol. The summed E-state index contributed by atoms with van der Waals surface area (Å²) in [7, 11) is 0. The molecule has 19 heavy (non-hydrogen) atoms. The molecule has 2 aromatic rings. The SMILES string of the molecule is NC1(c2nc3cccnc3n2C2CC2)CCOCC1. The summed E-state index contributed by atoms with van der Waals surface area (Å²) < 4.78 is 7.72. The van der Waals surface area contributed by atoms with Crippen LogP contribution in [0.4, 0.5) is 0 Å². The number of aromatic nitrogens is 3. The summed E-state index contributed by atoms with van der Waals surface area (Å²) in [6.07, 6.45) is 5.93. The number of imidazole rings is 1. The van der Waals surface area contributed by atoms with Gasteiger partial charge in [-0.1, -0.05) is 0 Å². The van der Waals surface area contributed by atoms with Crippen molar-refractivity contribution in [2.75, 3.05) is 13.2 Å². The number of pyridine rings is 1. The van der Waals surface area contributed by atoms with Gasteiger partial charge in [0.25, 0.3) is 0 Å². The summed E-state index contributed by atoms with van der Waals surface area (Å²) >= 11 is 0. The van der Waals surface area contributed by atoms with E-state index in [0.29, 0.717) is 6.04 Å². The Morgan fingerprint density at radius 1 is 1.32 bits per heavy atom. The predicted octanol–water partition coefficient (Wildman–Crippen LogP) is 1.73. The van der Waals surface area contributed by atoms with Crippen LogP contribution >= 0.6 is 0 Å². The minimum absolute atomic E-state index is 0.360. The topological polar surface area (TPSA) is 66.0 Å². The Labute approximate surface area is 111 Å². The van der Waals surface area contributed by atoms with E-state index in [1.165, 1.54) is 12.8 Å². The Bertz CT molecular complexity index is 611. The highest BCUT2D eigenvalue weighted by atomic mass is 16.5. The molecule has 0 amide bonds. The Morgan fingerprint density at radius 2 is 2.11 bits per heavy atom. The molecular weight excluding hydrogens is 240 g/mol. The third-order valence-electron chi connectivity index (χ3n) is 4.19. The molecule has 4 rings (SSSR count). The van der Waals surface area contributed by atoms with Crippen molar-refractivity contribution >= 4 is 11.2 Å². The molecule has 1 aliphatic carbocycles. The zero-order chi connectivity index (χ0) is 12.9. The maximum absolute atomic E-state index is 6.62. The molecule has 0 radical (unpaired) electrons. The molecule has 5 nitrogen and oxygen atoms in total. The van der Waals surface area contributed by atoms with Crippen LogP contribution in [-0.4, -0.2) is 27.7 Å². The molecule has 0 aromatic carbocycles. The van der Waals surface area contributed by atoms with Gasteiger partial charge in [0.15, 0.2) is 5.65 Å². The molecule has 100 valence electrons. The Hall–Kier alpha value is -1.46. The van der Waals surface area contributed by atoms with Crippen molar-refractivity contribution in [3.05, 3.63) is 24.2 Å². The largest absolute Gasteiger partial charge is 0.381 e. The third-order valence-corrected chi connectivity index (χ3v) is 4.19. The van der Waals surface area contributed by atoms with Crippen LogP contribution in [0.25, 0.3) is 11.2 Å². The number of ether oxygens (including phenoxy) is 1. The van der Waals surface area contributed by atoms with Gasteiger partial charge in [-0.15, -0.1) is 0 Å². The second-order valence-corrected chi connectivity index (χ2v) is 5.65. The molecular formula is C14H18N4O. The predicted molar refractivity (Wildman–Crippen MR) is 71.7 cm³/mol. The molecule has 3 heterocycles. The zero-order valence-electron chi connectivity index (χ0n) is 10.9. The average Bonchev–Trinajstić information content (AvgIpc) is 3.19. The van der Waals surface area contributed by atoms with Crippen molar-refractivity contribution in [1.29, 1.82) is 0 Å². The highest BCUT2D eigenvalue weighted by molar-refractivity contribution is 5.72. The molecule has 1 saturated heterocycles. The molecule has 2 fully saturated rings. The fraction of sp³-hybridized carbons (Fsp3) is 0.571. The minimum atomic E-state index is -0.360. The number of fused-ring (bicyclic) bond motifs is 1. The van der Waals surface area contributed by atoms with Crippen LogP contribution in [0.2, 0.25) is 0 Å². The van der Waals surface area contributed by atoms with Crippen LogP contribution in [0.1, 0.15) is 37.5 Å². The van der Waals surface area contributed by atoms with E-state index in [4.69, 9.17) is 15.5 Å². The van der Waals surface area contributed by atoms with Gasteiger partial charge in [-0.3, -0.25) is 0 Å². The normalized spacial score (nSPS) is 22.8. The van der Waals surface area contributed by atoms with Gasteiger partial charge in [0.05, 0.1) is 5.54 Å². The Kier molecular flexibility index (Phi) is 2.40.